The molecule has 0 aromatic carbocycles. The quantitative estimate of drug-likeness (QED) is 0.457. The molecule has 0 aliphatic rings. The van der Waals surface area contributed by atoms with E-state index in [2.05, 4.69) is 4.74 Å². The van der Waals surface area contributed by atoms with Crippen LogP contribution in [0.3, 0.4) is 0 Å². The predicted octanol–water partition coefficient (Wildman–Crippen LogP) is 2.49. The van der Waals surface area contributed by atoms with E-state index in [1.165, 1.54) is 6.92 Å². The standard InChI is InChI=1S/C11H24O8P2/c1-5-8-18-20(13,14)11(4,10(12)17-7-3)21(15,16)19-9-6-2/h5-9H2,1-4H3,(H,13,14)(H,15,16). The molecule has 0 bridgehead atoms. The minimum atomic E-state index is -4.79. The summed E-state index contributed by atoms with van der Waals surface area (Å²) in [6.07, 6.45) is 0.796. The van der Waals surface area contributed by atoms with E-state index in [1.54, 1.807) is 13.8 Å². The highest BCUT2D eigenvalue weighted by molar-refractivity contribution is 7.75. The third-order valence-corrected chi connectivity index (χ3v) is 7.85. The monoisotopic (exact) mass is 346 g/mol. The second-order valence-corrected chi connectivity index (χ2v) is 9.19. The molecule has 10 heteroatoms. The van der Waals surface area contributed by atoms with Gasteiger partial charge in [0.15, 0.2) is 0 Å². The molecule has 8 nitrogen and oxygen atoms in total. The molecule has 0 aromatic rings. The van der Waals surface area contributed by atoms with Crippen LogP contribution in [0.1, 0.15) is 40.5 Å². The Balaban J connectivity index is 5.73. The summed E-state index contributed by atoms with van der Waals surface area (Å²) >= 11 is 0. The molecule has 0 spiro atoms. The molecule has 0 saturated heterocycles. The highest BCUT2D eigenvalue weighted by Crippen LogP contribution is 2.73. The van der Waals surface area contributed by atoms with E-state index < -0.39 is 26.1 Å². The fraction of sp³-hybridized carbons (Fsp3) is 0.909. The van der Waals surface area contributed by atoms with E-state index in [9.17, 15) is 23.7 Å². The minimum Gasteiger partial charge on any atom is -0.465 e. The first-order valence-electron chi connectivity index (χ1n) is 6.72. The molecule has 126 valence electrons. The first-order chi connectivity index (χ1) is 9.60. The van der Waals surface area contributed by atoms with Gasteiger partial charge >= 0.3 is 21.2 Å². The summed E-state index contributed by atoms with van der Waals surface area (Å²) in [4.78, 5) is 29.4. The molecule has 0 fully saturated rings. The fourth-order valence-corrected chi connectivity index (χ4v) is 4.92. The maximum atomic E-state index is 12.3. The number of rotatable bonds is 10. The maximum Gasteiger partial charge on any atom is 0.357 e. The van der Waals surface area contributed by atoms with E-state index in [4.69, 9.17) is 9.05 Å². The van der Waals surface area contributed by atoms with Crippen LogP contribution in [0, 0.1) is 0 Å². The van der Waals surface area contributed by atoms with Gasteiger partial charge in [-0.25, -0.2) is 0 Å². The zero-order valence-electron chi connectivity index (χ0n) is 12.8. The lowest BCUT2D eigenvalue weighted by Crippen LogP contribution is -2.38. The van der Waals surface area contributed by atoms with E-state index in [-0.39, 0.29) is 19.8 Å². The van der Waals surface area contributed by atoms with Crippen molar-refractivity contribution < 1.29 is 37.5 Å². The van der Waals surface area contributed by atoms with E-state index in [1.807, 2.05) is 0 Å². The summed E-state index contributed by atoms with van der Waals surface area (Å²) in [5, 5.41) is 0. The molecule has 2 unspecified atom stereocenters. The number of hydrogen-bond acceptors (Lipinski definition) is 6. The van der Waals surface area contributed by atoms with Gasteiger partial charge in [0, 0.05) is 0 Å². The maximum absolute atomic E-state index is 12.3. The van der Waals surface area contributed by atoms with Crippen molar-refractivity contribution in [1.82, 2.24) is 0 Å². The van der Waals surface area contributed by atoms with E-state index in [0.29, 0.717) is 12.8 Å². The third-order valence-electron chi connectivity index (χ3n) is 2.70. The van der Waals surface area contributed by atoms with Crippen LogP contribution in [0.2, 0.25) is 0 Å². The molecule has 0 heterocycles. The molecule has 0 amide bonds. The first-order valence-corrected chi connectivity index (χ1v) is 9.88. The van der Waals surface area contributed by atoms with Crippen LogP contribution in [0.4, 0.5) is 0 Å². The van der Waals surface area contributed by atoms with Gasteiger partial charge < -0.3 is 23.6 Å². The van der Waals surface area contributed by atoms with E-state index >= 15 is 0 Å². The molecule has 2 N–H and O–H groups in total. The van der Waals surface area contributed by atoms with Crippen molar-refractivity contribution in [3.63, 3.8) is 0 Å². The molecule has 0 aliphatic carbocycles. The van der Waals surface area contributed by atoms with Crippen molar-refractivity contribution in [2.24, 2.45) is 0 Å². The van der Waals surface area contributed by atoms with Crippen molar-refractivity contribution >= 4 is 21.2 Å². The highest BCUT2D eigenvalue weighted by Gasteiger charge is 2.66. The highest BCUT2D eigenvalue weighted by atomic mass is 31.2. The van der Waals surface area contributed by atoms with Gasteiger partial charge in [0.25, 0.3) is 4.90 Å². The van der Waals surface area contributed by atoms with Crippen LogP contribution >= 0.6 is 15.2 Å². The summed E-state index contributed by atoms with van der Waals surface area (Å²) in [6, 6.07) is 0. The Labute approximate surface area is 124 Å². The van der Waals surface area contributed by atoms with Crippen LogP contribution in [0.25, 0.3) is 0 Å². The Kier molecular flexibility index (Phi) is 8.32. The van der Waals surface area contributed by atoms with E-state index in [0.717, 1.165) is 6.92 Å². The number of esters is 1. The van der Waals surface area contributed by atoms with Crippen LogP contribution < -0.4 is 0 Å². The number of hydrogen-bond donors (Lipinski definition) is 2. The van der Waals surface area contributed by atoms with Crippen LogP contribution in [-0.4, -0.2) is 40.5 Å². The zero-order valence-corrected chi connectivity index (χ0v) is 14.6. The predicted molar refractivity (Wildman–Crippen MR) is 77.2 cm³/mol. The smallest absolute Gasteiger partial charge is 0.357 e. The van der Waals surface area contributed by atoms with Crippen molar-refractivity contribution in [3.05, 3.63) is 0 Å². The van der Waals surface area contributed by atoms with Crippen LogP contribution in [0.5, 0.6) is 0 Å². The minimum absolute atomic E-state index is 0.115. The molecule has 0 saturated carbocycles. The average molecular weight is 346 g/mol. The Bertz CT molecular complexity index is 408. The molecular formula is C11H24O8P2. The molecule has 0 rings (SSSR count). The van der Waals surface area contributed by atoms with Crippen LogP contribution in [-0.2, 0) is 27.7 Å². The van der Waals surface area contributed by atoms with Gasteiger partial charge in [-0.1, -0.05) is 13.8 Å². The molecule has 0 aliphatic heterocycles. The topological polar surface area (TPSA) is 119 Å². The van der Waals surface area contributed by atoms with Gasteiger partial charge in [0.2, 0.25) is 0 Å². The zero-order chi connectivity index (χ0) is 16.7. The molecule has 21 heavy (non-hydrogen) atoms. The van der Waals surface area contributed by atoms with Crippen molar-refractivity contribution in [2.75, 3.05) is 19.8 Å². The lowest BCUT2D eigenvalue weighted by molar-refractivity contribution is -0.144. The molecule has 0 aromatic heterocycles. The van der Waals surface area contributed by atoms with Gasteiger partial charge in [0.05, 0.1) is 19.8 Å². The van der Waals surface area contributed by atoms with Gasteiger partial charge in [-0.05, 0) is 26.7 Å². The number of carbonyl (C=O) groups is 1. The van der Waals surface area contributed by atoms with Crippen molar-refractivity contribution in [1.29, 1.82) is 0 Å². The molecule has 2 atom stereocenters. The fourth-order valence-electron chi connectivity index (χ4n) is 1.34. The molecular weight excluding hydrogens is 322 g/mol. The normalized spacial score (nSPS) is 20.1. The Morgan fingerprint density at radius 1 is 1.00 bits per heavy atom. The SMILES string of the molecule is CCCOP(=O)(O)C(C)(C(=O)OCC)P(=O)(O)OCCC. The number of carbonyl (C=O) groups excluding carboxylic acids is 1. The summed E-state index contributed by atoms with van der Waals surface area (Å²) < 4.78 is 38.9. The Morgan fingerprint density at radius 3 is 1.67 bits per heavy atom. The lowest BCUT2D eigenvalue weighted by Gasteiger charge is -2.33. The third kappa shape index (κ3) is 4.62. The van der Waals surface area contributed by atoms with Gasteiger partial charge in [-0.3, -0.25) is 13.9 Å². The van der Waals surface area contributed by atoms with Gasteiger partial charge in [-0.2, -0.15) is 0 Å². The number of ether oxygens (including phenoxy) is 1. The average Bonchev–Trinajstić information content (AvgIpc) is 2.41. The Morgan fingerprint density at radius 2 is 1.38 bits per heavy atom. The lowest BCUT2D eigenvalue weighted by atomic mass is 10.5. The summed E-state index contributed by atoms with van der Waals surface area (Å²) in [7, 11) is -9.58. The summed E-state index contributed by atoms with van der Waals surface area (Å²) in [5.41, 5.74) is 0. The second-order valence-electron chi connectivity index (χ2n) is 4.45. The second kappa shape index (κ2) is 8.42. The van der Waals surface area contributed by atoms with Crippen molar-refractivity contribution in [3.8, 4) is 0 Å². The van der Waals surface area contributed by atoms with Gasteiger partial charge in [0.1, 0.15) is 0 Å². The molecule has 0 radical (unpaired) electrons. The Hall–Kier alpha value is -0.230. The van der Waals surface area contributed by atoms with Crippen molar-refractivity contribution in [2.45, 2.75) is 45.4 Å². The summed E-state index contributed by atoms with van der Waals surface area (Å²) in [5.74, 6) is -1.30. The largest absolute Gasteiger partial charge is 0.465 e. The van der Waals surface area contributed by atoms with Crippen LogP contribution in [0.15, 0.2) is 0 Å². The van der Waals surface area contributed by atoms with Gasteiger partial charge in [-0.15, -0.1) is 0 Å². The first kappa shape index (κ1) is 20.8. The summed E-state index contributed by atoms with van der Waals surface area (Å²) in [6.45, 7) is 5.31.